The predicted octanol–water partition coefficient (Wildman–Crippen LogP) is 0.896. The summed E-state index contributed by atoms with van der Waals surface area (Å²) in [5.41, 5.74) is 0.492. The van der Waals surface area contributed by atoms with E-state index in [1.54, 1.807) is 26.0 Å². The van der Waals surface area contributed by atoms with Gasteiger partial charge in [0.1, 0.15) is 12.1 Å². The molecule has 1 aromatic carbocycles. The number of hydrogen-bond donors (Lipinski definition) is 2. The van der Waals surface area contributed by atoms with Gasteiger partial charge in [-0.2, -0.15) is 0 Å². The molecule has 1 aliphatic rings. The molecule has 7 heteroatoms. The Hall–Kier alpha value is -2.70. The molecule has 1 aromatic rings. The molecule has 3 amide bonds. The number of nitrogens with zero attached hydrogens (tertiary/aromatic N) is 1. The first-order valence-corrected chi connectivity index (χ1v) is 7.25. The van der Waals surface area contributed by atoms with Gasteiger partial charge in [0.25, 0.3) is 11.8 Å². The van der Waals surface area contributed by atoms with Gasteiger partial charge < -0.3 is 10.4 Å². The number of aliphatic carboxylic acids is 1. The second-order valence-electron chi connectivity index (χ2n) is 5.77. The van der Waals surface area contributed by atoms with Crippen molar-refractivity contribution < 1.29 is 24.3 Å². The standard InChI is InChI=1S/C16H18N2O5/c1-8(2)12(16(22)23)17-13(19)9(3)18-14(20)10-6-4-5-7-11(10)15(18)21/h4-9,12H,1-3H3,(H,17,19)(H,22,23)/t9-,12-/m0/s1. The summed E-state index contributed by atoms with van der Waals surface area (Å²) in [6, 6.07) is 4.14. The molecule has 0 saturated carbocycles. The van der Waals surface area contributed by atoms with Crippen LogP contribution in [0.15, 0.2) is 24.3 Å². The summed E-state index contributed by atoms with van der Waals surface area (Å²) in [5, 5.41) is 11.5. The molecule has 2 rings (SSSR count). The summed E-state index contributed by atoms with van der Waals surface area (Å²) in [4.78, 5) is 48.9. The number of rotatable bonds is 5. The van der Waals surface area contributed by atoms with Crippen molar-refractivity contribution in [1.82, 2.24) is 10.2 Å². The van der Waals surface area contributed by atoms with Crippen LogP contribution in [0.1, 0.15) is 41.5 Å². The molecule has 0 aliphatic carbocycles. The van der Waals surface area contributed by atoms with Gasteiger partial charge >= 0.3 is 5.97 Å². The Bertz CT molecular complexity index is 648. The number of hydrogen-bond acceptors (Lipinski definition) is 4. The van der Waals surface area contributed by atoms with Crippen molar-refractivity contribution in [3.05, 3.63) is 35.4 Å². The fourth-order valence-electron chi connectivity index (χ4n) is 2.46. The number of carboxylic acid groups (broad SMARTS) is 1. The molecule has 1 heterocycles. The van der Waals surface area contributed by atoms with Crippen LogP contribution in [0, 0.1) is 5.92 Å². The Balaban J connectivity index is 2.20. The molecule has 0 saturated heterocycles. The minimum Gasteiger partial charge on any atom is -0.480 e. The van der Waals surface area contributed by atoms with E-state index in [4.69, 9.17) is 5.11 Å². The van der Waals surface area contributed by atoms with E-state index in [-0.39, 0.29) is 17.0 Å². The number of nitrogens with one attached hydrogen (secondary N) is 1. The minimum atomic E-state index is -1.16. The Morgan fingerprint density at radius 1 is 1.04 bits per heavy atom. The van der Waals surface area contributed by atoms with E-state index in [1.165, 1.54) is 19.1 Å². The summed E-state index contributed by atoms with van der Waals surface area (Å²) in [6.07, 6.45) is 0. The van der Waals surface area contributed by atoms with E-state index in [1.807, 2.05) is 0 Å². The van der Waals surface area contributed by atoms with Gasteiger partial charge in [-0.15, -0.1) is 0 Å². The van der Waals surface area contributed by atoms with Gasteiger partial charge in [-0.25, -0.2) is 4.79 Å². The summed E-state index contributed by atoms with van der Waals surface area (Å²) in [5.74, 6) is -3.27. The van der Waals surface area contributed by atoms with Crippen molar-refractivity contribution in [1.29, 1.82) is 0 Å². The lowest BCUT2D eigenvalue weighted by Crippen LogP contribution is -2.53. The molecule has 2 N–H and O–H groups in total. The lowest BCUT2D eigenvalue weighted by molar-refractivity contribution is -0.143. The molecule has 0 spiro atoms. The largest absolute Gasteiger partial charge is 0.480 e. The smallest absolute Gasteiger partial charge is 0.326 e. The van der Waals surface area contributed by atoms with Crippen LogP contribution in [0.3, 0.4) is 0 Å². The van der Waals surface area contributed by atoms with Crippen molar-refractivity contribution >= 4 is 23.7 Å². The Labute approximate surface area is 133 Å². The average molecular weight is 318 g/mol. The van der Waals surface area contributed by atoms with Crippen LogP contribution in [-0.2, 0) is 9.59 Å². The monoisotopic (exact) mass is 318 g/mol. The zero-order valence-electron chi connectivity index (χ0n) is 13.1. The van der Waals surface area contributed by atoms with Gasteiger partial charge in [-0.05, 0) is 25.0 Å². The summed E-state index contributed by atoms with van der Waals surface area (Å²) in [6.45, 7) is 4.72. The molecule has 23 heavy (non-hydrogen) atoms. The van der Waals surface area contributed by atoms with Gasteiger partial charge in [0, 0.05) is 0 Å². The molecule has 122 valence electrons. The summed E-state index contributed by atoms with van der Waals surface area (Å²) in [7, 11) is 0. The SMILES string of the molecule is CC(C)[C@H](NC(=O)[C@H](C)N1C(=O)c2ccccc2C1=O)C(=O)O. The quantitative estimate of drug-likeness (QED) is 0.785. The summed E-state index contributed by atoms with van der Waals surface area (Å²) >= 11 is 0. The van der Waals surface area contributed by atoms with E-state index in [9.17, 15) is 19.2 Å². The van der Waals surface area contributed by atoms with Crippen LogP contribution in [0.5, 0.6) is 0 Å². The van der Waals surface area contributed by atoms with Crippen molar-refractivity contribution in [3.8, 4) is 0 Å². The zero-order valence-corrected chi connectivity index (χ0v) is 13.1. The van der Waals surface area contributed by atoms with E-state index >= 15 is 0 Å². The molecule has 0 fully saturated rings. The third-order valence-corrected chi connectivity index (χ3v) is 3.82. The lowest BCUT2D eigenvalue weighted by atomic mass is 10.0. The van der Waals surface area contributed by atoms with Gasteiger partial charge in [-0.1, -0.05) is 26.0 Å². The van der Waals surface area contributed by atoms with Crippen LogP contribution in [0.4, 0.5) is 0 Å². The summed E-state index contributed by atoms with van der Waals surface area (Å²) < 4.78 is 0. The first-order valence-electron chi connectivity index (χ1n) is 7.25. The number of fused-ring (bicyclic) bond motifs is 1. The maximum atomic E-state index is 12.3. The average Bonchev–Trinajstić information content (AvgIpc) is 2.75. The molecular weight excluding hydrogens is 300 g/mol. The van der Waals surface area contributed by atoms with E-state index < -0.39 is 35.8 Å². The van der Waals surface area contributed by atoms with Crippen molar-refractivity contribution in [2.24, 2.45) is 5.92 Å². The van der Waals surface area contributed by atoms with Crippen LogP contribution < -0.4 is 5.32 Å². The highest BCUT2D eigenvalue weighted by atomic mass is 16.4. The van der Waals surface area contributed by atoms with Crippen LogP contribution in [-0.4, -0.2) is 45.8 Å². The Kier molecular flexibility index (Phi) is 4.49. The van der Waals surface area contributed by atoms with Crippen LogP contribution >= 0.6 is 0 Å². The lowest BCUT2D eigenvalue weighted by Gasteiger charge is -2.25. The molecule has 0 unspecified atom stereocenters. The minimum absolute atomic E-state index is 0.246. The maximum absolute atomic E-state index is 12.3. The second kappa shape index (κ2) is 6.20. The Morgan fingerprint density at radius 2 is 1.52 bits per heavy atom. The number of amides is 3. The zero-order chi connectivity index (χ0) is 17.3. The van der Waals surface area contributed by atoms with Gasteiger partial charge in [-0.3, -0.25) is 19.3 Å². The normalized spacial score (nSPS) is 16.3. The first kappa shape index (κ1) is 16.7. The van der Waals surface area contributed by atoms with Crippen molar-refractivity contribution in [2.45, 2.75) is 32.9 Å². The molecule has 0 radical (unpaired) electrons. The number of carbonyl (C=O) groups excluding carboxylic acids is 3. The predicted molar refractivity (Wildman–Crippen MR) is 80.8 cm³/mol. The van der Waals surface area contributed by atoms with Crippen molar-refractivity contribution in [3.63, 3.8) is 0 Å². The third-order valence-electron chi connectivity index (χ3n) is 3.82. The van der Waals surface area contributed by atoms with Crippen LogP contribution in [0.25, 0.3) is 0 Å². The fourth-order valence-corrected chi connectivity index (χ4v) is 2.46. The highest BCUT2D eigenvalue weighted by Crippen LogP contribution is 2.24. The highest BCUT2D eigenvalue weighted by molar-refractivity contribution is 6.22. The number of carboxylic acids is 1. The number of imide groups is 1. The molecule has 7 nitrogen and oxygen atoms in total. The fraction of sp³-hybridized carbons (Fsp3) is 0.375. The third kappa shape index (κ3) is 2.94. The van der Waals surface area contributed by atoms with E-state index in [2.05, 4.69) is 5.32 Å². The number of carbonyl (C=O) groups is 4. The second-order valence-corrected chi connectivity index (χ2v) is 5.77. The van der Waals surface area contributed by atoms with Gasteiger partial charge in [0.05, 0.1) is 11.1 Å². The Morgan fingerprint density at radius 3 is 1.91 bits per heavy atom. The van der Waals surface area contributed by atoms with Crippen molar-refractivity contribution in [2.75, 3.05) is 0 Å². The molecule has 1 aliphatic heterocycles. The maximum Gasteiger partial charge on any atom is 0.326 e. The topological polar surface area (TPSA) is 104 Å². The molecule has 0 bridgehead atoms. The highest BCUT2D eigenvalue weighted by Gasteiger charge is 2.41. The van der Waals surface area contributed by atoms with E-state index in [0.717, 1.165) is 4.90 Å². The van der Waals surface area contributed by atoms with Crippen LogP contribution in [0.2, 0.25) is 0 Å². The van der Waals surface area contributed by atoms with E-state index in [0.29, 0.717) is 0 Å². The molecular formula is C16H18N2O5. The molecule has 2 atom stereocenters. The van der Waals surface area contributed by atoms with Gasteiger partial charge in [0.15, 0.2) is 0 Å². The molecule has 0 aromatic heterocycles. The van der Waals surface area contributed by atoms with Gasteiger partial charge in [0.2, 0.25) is 5.91 Å². The number of benzene rings is 1. The first-order chi connectivity index (χ1) is 10.8.